The number of fused-ring (bicyclic) bond motifs is 1. The van der Waals surface area contributed by atoms with Gasteiger partial charge >= 0.3 is 6.03 Å². The number of urea groups is 1. The quantitative estimate of drug-likeness (QED) is 0.654. The van der Waals surface area contributed by atoms with Crippen molar-refractivity contribution in [1.82, 2.24) is 9.80 Å². The fourth-order valence-corrected chi connectivity index (χ4v) is 3.49. The summed E-state index contributed by atoms with van der Waals surface area (Å²) in [5.41, 5.74) is 0. The van der Waals surface area contributed by atoms with E-state index >= 15 is 0 Å². The lowest BCUT2D eigenvalue weighted by Crippen LogP contribution is -2.42. The third-order valence-electron chi connectivity index (χ3n) is 4.42. The molecule has 0 bridgehead atoms. The molecule has 0 aromatic rings. The molecule has 1 unspecified atom stereocenters. The molecule has 3 rings (SSSR count). The standard InChI is InChI=1S/C13H20N2O2/c16-12-11-8-4-5-9-14(11)13(17)15(12)10-6-2-1-3-7-10/h10-11H,1-9H2. The summed E-state index contributed by atoms with van der Waals surface area (Å²) in [5, 5.41) is 0. The molecule has 0 aromatic heterocycles. The summed E-state index contributed by atoms with van der Waals surface area (Å²) in [6.45, 7) is 0.776. The van der Waals surface area contributed by atoms with Crippen molar-refractivity contribution in [3.63, 3.8) is 0 Å². The molecule has 3 fully saturated rings. The topological polar surface area (TPSA) is 40.6 Å². The molecular formula is C13H20N2O2. The van der Waals surface area contributed by atoms with Crippen LogP contribution in [0.2, 0.25) is 0 Å². The Hall–Kier alpha value is -1.06. The van der Waals surface area contributed by atoms with Crippen LogP contribution in [0.4, 0.5) is 4.79 Å². The van der Waals surface area contributed by atoms with Crippen molar-refractivity contribution >= 4 is 11.9 Å². The minimum absolute atomic E-state index is 0.00778. The van der Waals surface area contributed by atoms with E-state index < -0.39 is 0 Å². The molecule has 1 atom stereocenters. The van der Waals surface area contributed by atoms with E-state index in [1.54, 1.807) is 9.80 Å². The van der Waals surface area contributed by atoms with Crippen molar-refractivity contribution in [1.29, 1.82) is 0 Å². The minimum atomic E-state index is -0.127. The molecule has 3 amide bonds. The maximum Gasteiger partial charge on any atom is 0.327 e. The lowest BCUT2D eigenvalue weighted by atomic mass is 9.94. The highest BCUT2D eigenvalue weighted by Gasteiger charge is 2.48. The Morgan fingerprint density at radius 1 is 0.882 bits per heavy atom. The number of imide groups is 1. The van der Waals surface area contributed by atoms with Gasteiger partial charge in [0.05, 0.1) is 0 Å². The average Bonchev–Trinajstić information content (AvgIpc) is 2.64. The van der Waals surface area contributed by atoms with Crippen LogP contribution in [0, 0.1) is 0 Å². The first kappa shape index (κ1) is 11.1. The number of piperidine rings is 1. The number of carbonyl (C=O) groups is 2. The maximum absolute atomic E-state index is 12.3. The Morgan fingerprint density at radius 2 is 1.59 bits per heavy atom. The van der Waals surface area contributed by atoms with Gasteiger partial charge in [0, 0.05) is 12.6 Å². The van der Waals surface area contributed by atoms with Crippen LogP contribution < -0.4 is 0 Å². The largest absolute Gasteiger partial charge is 0.327 e. The van der Waals surface area contributed by atoms with Gasteiger partial charge in [-0.2, -0.15) is 0 Å². The number of carbonyl (C=O) groups excluding carboxylic acids is 2. The van der Waals surface area contributed by atoms with Crippen molar-refractivity contribution in [2.24, 2.45) is 0 Å². The van der Waals surface area contributed by atoms with Gasteiger partial charge in [-0.05, 0) is 32.1 Å². The van der Waals surface area contributed by atoms with Crippen LogP contribution in [0.25, 0.3) is 0 Å². The lowest BCUT2D eigenvalue weighted by Gasteiger charge is -2.29. The van der Waals surface area contributed by atoms with Gasteiger partial charge in [-0.3, -0.25) is 9.69 Å². The predicted octanol–water partition coefficient (Wildman–Crippen LogP) is 2.14. The molecule has 3 aliphatic rings. The fraction of sp³-hybridized carbons (Fsp3) is 0.846. The summed E-state index contributed by atoms with van der Waals surface area (Å²) in [5.74, 6) is 0.0848. The van der Waals surface area contributed by atoms with E-state index in [0.29, 0.717) is 0 Å². The van der Waals surface area contributed by atoms with Gasteiger partial charge in [-0.25, -0.2) is 4.79 Å². The maximum atomic E-state index is 12.3. The third-order valence-corrected chi connectivity index (χ3v) is 4.42. The summed E-state index contributed by atoms with van der Waals surface area (Å²) >= 11 is 0. The molecular weight excluding hydrogens is 216 g/mol. The zero-order valence-corrected chi connectivity index (χ0v) is 10.2. The Balaban J connectivity index is 1.80. The van der Waals surface area contributed by atoms with Crippen molar-refractivity contribution in [3.8, 4) is 0 Å². The summed E-state index contributed by atoms with van der Waals surface area (Å²) in [7, 11) is 0. The molecule has 0 N–H and O–H groups in total. The first-order valence-corrected chi connectivity index (χ1v) is 6.93. The highest BCUT2D eigenvalue weighted by Crippen LogP contribution is 2.32. The molecule has 1 aliphatic carbocycles. The second-order valence-electron chi connectivity index (χ2n) is 5.49. The molecule has 17 heavy (non-hydrogen) atoms. The molecule has 0 aromatic carbocycles. The Kier molecular flexibility index (Phi) is 2.81. The van der Waals surface area contributed by atoms with Crippen molar-refractivity contribution < 1.29 is 9.59 Å². The third kappa shape index (κ3) is 1.74. The number of amides is 3. The fourth-order valence-electron chi connectivity index (χ4n) is 3.49. The summed E-state index contributed by atoms with van der Waals surface area (Å²) < 4.78 is 0. The van der Waals surface area contributed by atoms with E-state index in [1.807, 2.05) is 0 Å². The van der Waals surface area contributed by atoms with E-state index in [4.69, 9.17) is 0 Å². The van der Waals surface area contributed by atoms with Crippen LogP contribution in [0.5, 0.6) is 0 Å². The van der Waals surface area contributed by atoms with Crippen molar-refractivity contribution in [2.75, 3.05) is 6.54 Å². The molecule has 4 nitrogen and oxygen atoms in total. The van der Waals surface area contributed by atoms with Gasteiger partial charge in [0.2, 0.25) is 0 Å². The van der Waals surface area contributed by atoms with Gasteiger partial charge in [-0.1, -0.05) is 19.3 Å². The highest BCUT2D eigenvalue weighted by molar-refractivity contribution is 6.04. The Labute approximate surface area is 102 Å². The average molecular weight is 236 g/mol. The second kappa shape index (κ2) is 4.31. The number of hydrogen-bond acceptors (Lipinski definition) is 2. The van der Waals surface area contributed by atoms with E-state index in [0.717, 1.165) is 51.5 Å². The molecule has 2 heterocycles. The molecule has 1 saturated carbocycles. The van der Waals surface area contributed by atoms with E-state index in [9.17, 15) is 9.59 Å². The zero-order chi connectivity index (χ0) is 11.8. The smallest absolute Gasteiger partial charge is 0.312 e. The zero-order valence-electron chi connectivity index (χ0n) is 10.2. The molecule has 94 valence electrons. The Bertz CT molecular complexity index is 312. The van der Waals surface area contributed by atoms with Gasteiger partial charge < -0.3 is 4.90 Å². The van der Waals surface area contributed by atoms with Gasteiger partial charge in [0.25, 0.3) is 5.91 Å². The molecule has 4 heteroatoms. The van der Waals surface area contributed by atoms with Crippen LogP contribution >= 0.6 is 0 Å². The van der Waals surface area contributed by atoms with E-state index in [1.165, 1.54) is 6.42 Å². The summed E-state index contributed by atoms with van der Waals surface area (Å²) in [4.78, 5) is 28.0. The number of rotatable bonds is 1. The molecule has 0 radical (unpaired) electrons. The van der Waals surface area contributed by atoms with E-state index in [-0.39, 0.29) is 24.0 Å². The first-order chi connectivity index (χ1) is 8.29. The second-order valence-corrected chi connectivity index (χ2v) is 5.49. The summed E-state index contributed by atoms with van der Waals surface area (Å²) in [6.07, 6.45) is 8.59. The summed E-state index contributed by atoms with van der Waals surface area (Å²) in [6, 6.07) is 0.0547. The first-order valence-electron chi connectivity index (χ1n) is 6.93. The van der Waals surface area contributed by atoms with Crippen LogP contribution in [-0.4, -0.2) is 40.4 Å². The van der Waals surface area contributed by atoms with Gasteiger partial charge in [0.1, 0.15) is 6.04 Å². The van der Waals surface area contributed by atoms with Gasteiger partial charge in [-0.15, -0.1) is 0 Å². The van der Waals surface area contributed by atoms with Crippen LogP contribution in [0.1, 0.15) is 51.4 Å². The van der Waals surface area contributed by atoms with Crippen LogP contribution in [0.3, 0.4) is 0 Å². The van der Waals surface area contributed by atoms with Crippen molar-refractivity contribution in [3.05, 3.63) is 0 Å². The van der Waals surface area contributed by atoms with Gasteiger partial charge in [0.15, 0.2) is 0 Å². The van der Waals surface area contributed by atoms with Crippen molar-refractivity contribution in [2.45, 2.75) is 63.5 Å². The normalized spacial score (nSPS) is 30.9. The predicted molar refractivity (Wildman–Crippen MR) is 63.5 cm³/mol. The number of hydrogen-bond donors (Lipinski definition) is 0. The van der Waals surface area contributed by atoms with Crippen LogP contribution in [0.15, 0.2) is 0 Å². The number of nitrogens with zero attached hydrogens (tertiary/aromatic N) is 2. The SMILES string of the molecule is O=C1C2CCCCN2C(=O)N1C1CCCCC1. The minimum Gasteiger partial charge on any atom is -0.312 e. The molecule has 2 aliphatic heterocycles. The Morgan fingerprint density at radius 3 is 2.29 bits per heavy atom. The molecule has 2 saturated heterocycles. The lowest BCUT2D eigenvalue weighted by molar-refractivity contribution is -0.130. The highest BCUT2D eigenvalue weighted by atomic mass is 16.2. The van der Waals surface area contributed by atoms with Crippen LogP contribution in [-0.2, 0) is 4.79 Å². The van der Waals surface area contributed by atoms with E-state index in [2.05, 4.69) is 0 Å². The monoisotopic (exact) mass is 236 g/mol. The molecule has 0 spiro atoms.